The molecule has 3 N–H and O–H groups in total. The van der Waals surface area contributed by atoms with Gasteiger partial charge in [-0.3, -0.25) is 5.32 Å². The van der Waals surface area contributed by atoms with E-state index in [4.69, 9.17) is 14.7 Å². The number of alkyl halides is 2. The number of halogens is 2. The second-order valence-corrected chi connectivity index (χ2v) is 4.93. The van der Waals surface area contributed by atoms with Crippen molar-refractivity contribution in [1.29, 1.82) is 5.41 Å². The zero-order valence-corrected chi connectivity index (χ0v) is 10.5. The Kier molecular flexibility index (Phi) is 4.06. The molecule has 0 aliphatic carbocycles. The highest BCUT2D eigenvalue weighted by Crippen LogP contribution is 2.37. The smallest absolute Gasteiger partial charge is 0.399 e. The van der Waals surface area contributed by atoms with Crippen LogP contribution in [0.1, 0.15) is 27.7 Å². The molecule has 7 heteroatoms. The Morgan fingerprint density at radius 1 is 1.24 bits per heavy atom. The lowest BCUT2D eigenvalue weighted by Crippen LogP contribution is -2.82. The molecule has 0 spiro atoms. The fourth-order valence-corrected chi connectivity index (χ4v) is 1.36. The number of hydrogen-bond donors (Lipinski definition) is 2. The first-order valence-corrected chi connectivity index (χ1v) is 5.39. The lowest BCUT2D eigenvalue weighted by molar-refractivity contribution is -0.681. The summed E-state index contributed by atoms with van der Waals surface area (Å²) in [5.74, 6) is 0. The van der Waals surface area contributed by atoms with Gasteiger partial charge >= 0.3 is 13.7 Å². The third-order valence-electron chi connectivity index (χ3n) is 3.13. The van der Waals surface area contributed by atoms with E-state index >= 15 is 0 Å². The van der Waals surface area contributed by atoms with E-state index in [-0.39, 0.29) is 5.47 Å². The van der Waals surface area contributed by atoms with E-state index in [1.165, 1.54) is 6.20 Å². The molecule has 0 unspecified atom stereocenters. The summed E-state index contributed by atoms with van der Waals surface area (Å²) in [7, 11) is -0.771. The molecule has 0 amide bonds. The van der Waals surface area contributed by atoms with Crippen LogP contribution in [-0.4, -0.2) is 31.1 Å². The molecule has 17 heavy (non-hydrogen) atoms. The molecule has 96 valence electrons. The van der Waals surface area contributed by atoms with Gasteiger partial charge < -0.3 is 14.7 Å². The molecule has 1 aliphatic heterocycles. The van der Waals surface area contributed by atoms with Crippen molar-refractivity contribution >= 4 is 13.3 Å². The summed E-state index contributed by atoms with van der Waals surface area (Å²) in [6, 6.07) is 0. The minimum Gasteiger partial charge on any atom is -0.399 e. The Hall–Kier alpha value is -0.785. The molecule has 0 radical (unpaired) electrons. The van der Waals surface area contributed by atoms with Crippen molar-refractivity contribution in [2.24, 2.45) is 0 Å². The minimum absolute atomic E-state index is 0.281. The summed E-state index contributed by atoms with van der Waals surface area (Å²) < 4.78 is 35.4. The highest BCUT2D eigenvalue weighted by Gasteiger charge is 2.52. The molecular formula is C10H18BF2N2O2+. The molecule has 1 heterocycles. The molecule has 0 atom stereocenters. The SMILES string of the molecule is CC1(C)OB(/C(C=N)=C/[NH2+]C(F)F)OC1(C)C. The van der Waals surface area contributed by atoms with Crippen LogP contribution in [0.2, 0.25) is 0 Å². The summed E-state index contributed by atoms with van der Waals surface area (Å²) in [4.78, 5) is 0. The van der Waals surface area contributed by atoms with Crippen molar-refractivity contribution in [3.63, 3.8) is 0 Å². The van der Waals surface area contributed by atoms with E-state index in [1.807, 2.05) is 27.7 Å². The standard InChI is InChI=1S/C10H17BF2N2O2/c1-9(2)10(3,4)17-11(16-9)7(5-14)6-15-8(12)13/h5-6,8,14-15H,1-4H3/p+1/b7-6+,14-5?. The Bertz CT molecular complexity index is 316. The molecule has 1 aliphatic rings. The highest BCUT2D eigenvalue weighted by atomic mass is 19.3. The Morgan fingerprint density at radius 3 is 2.06 bits per heavy atom. The second kappa shape index (κ2) is 4.84. The fraction of sp³-hybridized carbons (Fsp3) is 0.700. The van der Waals surface area contributed by atoms with Crippen LogP contribution in [0.25, 0.3) is 0 Å². The van der Waals surface area contributed by atoms with Crippen LogP contribution in [0.5, 0.6) is 0 Å². The first-order chi connectivity index (χ1) is 7.69. The maximum absolute atomic E-state index is 12.1. The quantitative estimate of drug-likeness (QED) is 0.441. The minimum atomic E-state index is -2.55. The monoisotopic (exact) mass is 247 g/mol. The van der Waals surface area contributed by atoms with E-state index in [2.05, 4.69) is 0 Å². The number of quaternary nitrogens is 1. The number of nitrogens with two attached hydrogens (primary N) is 1. The van der Waals surface area contributed by atoms with Gasteiger partial charge in [0.1, 0.15) is 0 Å². The average Bonchev–Trinajstić information content (AvgIpc) is 2.36. The number of rotatable bonds is 4. The van der Waals surface area contributed by atoms with Gasteiger partial charge in [-0.15, -0.1) is 0 Å². The predicted octanol–water partition coefficient (Wildman–Crippen LogP) is 0.937. The molecule has 0 aromatic rings. The summed E-state index contributed by atoms with van der Waals surface area (Å²) >= 11 is 0. The molecule has 0 aromatic heterocycles. The van der Waals surface area contributed by atoms with Crippen LogP contribution < -0.4 is 5.32 Å². The van der Waals surface area contributed by atoms with Gasteiger partial charge in [0.2, 0.25) is 0 Å². The lowest BCUT2D eigenvalue weighted by atomic mass is 9.79. The van der Waals surface area contributed by atoms with Gasteiger partial charge in [0, 0.05) is 6.21 Å². The van der Waals surface area contributed by atoms with Crippen LogP contribution in [-0.2, 0) is 9.31 Å². The maximum Gasteiger partial charge on any atom is 0.501 e. The number of hydrogen-bond acceptors (Lipinski definition) is 3. The lowest BCUT2D eigenvalue weighted by Gasteiger charge is -2.32. The van der Waals surface area contributed by atoms with Crippen molar-refractivity contribution in [2.75, 3.05) is 0 Å². The first kappa shape index (κ1) is 14.3. The number of allylic oxidation sites excluding steroid dienone is 1. The molecule has 4 nitrogen and oxygen atoms in total. The van der Waals surface area contributed by atoms with Crippen molar-refractivity contribution in [3.05, 3.63) is 11.7 Å². The maximum atomic E-state index is 12.1. The van der Waals surface area contributed by atoms with E-state index in [0.717, 1.165) is 6.21 Å². The third kappa shape index (κ3) is 3.11. The van der Waals surface area contributed by atoms with Gasteiger partial charge in [0.15, 0.2) is 0 Å². The fourth-order valence-electron chi connectivity index (χ4n) is 1.36. The third-order valence-corrected chi connectivity index (χ3v) is 3.13. The van der Waals surface area contributed by atoms with Crippen molar-refractivity contribution < 1.29 is 23.4 Å². The highest BCUT2D eigenvalue weighted by molar-refractivity contribution is 6.60. The van der Waals surface area contributed by atoms with Crippen molar-refractivity contribution in [1.82, 2.24) is 0 Å². The molecule has 0 aromatic carbocycles. The van der Waals surface area contributed by atoms with Gasteiger partial charge in [-0.2, -0.15) is 8.78 Å². The van der Waals surface area contributed by atoms with Gasteiger partial charge in [-0.1, -0.05) is 0 Å². The zero-order valence-electron chi connectivity index (χ0n) is 10.5. The van der Waals surface area contributed by atoms with Gasteiger partial charge in [0.25, 0.3) is 0 Å². The molecular weight excluding hydrogens is 229 g/mol. The van der Waals surface area contributed by atoms with E-state index in [9.17, 15) is 8.78 Å². The van der Waals surface area contributed by atoms with Crippen molar-refractivity contribution in [3.8, 4) is 0 Å². The van der Waals surface area contributed by atoms with Gasteiger partial charge in [-0.05, 0) is 27.7 Å². The summed E-state index contributed by atoms with van der Waals surface area (Å²) in [6.45, 7) is 4.92. The van der Waals surface area contributed by atoms with Crippen LogP contribution >= 0.6 is 0 Å². The topological polar surface area (TPSA) is 58.9 Å². The van der Waals surface area contributed by atoms with Crippen LogP contribution in [0.15, 0.2) is 11.7 Å². The molecule has 0 bridgehead atoms. The zero-order chi connectivity index (χ0) is 13.3. The number of nitrogens with one attached hydrogen (secondary N) is 1. The molecule has 1 saturated heterocycles. The molecule has 1 rings (SSSR count). The van der Waals surface area contributed by atoms with E-state index in [0.29, 0.717) is 5.32 Å². The van der Waals surface area contributed by atoms with E-state index < -0.39 is 24.9 Å². The van der Waals surface area contributed by atoms with E-state index in [1.54, 1.807) is 0 Å². The summed E-state index contributed by atoms with van der Waals surface area (Å²) in [5, 5.41) is 7.92. The Morgan fingerprint density at radius 2 is 1.71 bits per heavy atom. The molecule has 0 saturated carbocycles. The average molecular weight is 247 g/mol. The van der Waals surface area contributed by atoms with Crippen molar-refractivity contribution in [2.45, 2.75) is 45.4 Å². The normalized spacial score (nSPS) is 23.2. The summed E-state index contributed by atoms with van der Waals surface area (Å²) in [6.07, 6.45) is 2.14. The van der Waals surface area contributed by atoms with Crippen LogP contribution in [0, 0.1) is 5.41 Å². The Labute approximate surface area is 100 Å². The second-order valence-electron chi connectivity index (χ2n) is 4.93. The van der Waals surface area contributed by atoms with Gasteiger partial charge in [0.05, 0.1) is 22.9 Å². The largest absolute Gasteiger partial charge is 0.501 e. The summed E-state index contributed by atoms with van der Waals surface area (Å²) in [5.41, 5.74) is -0.793. The predicted molar refractivity (Wildman–Crippen MR) is 60.9 cm³/mol. The van der Waals surface area contributed by atoms with Gasteiger partial charge in [-0.25, -0.2) is 0 Å². The molecule has 1 fully saturated rings. The van der Waals surface area contributed by atoms with Crippen LogP contribution in [0.3, 0.4) is 0 Å². The Balaban J connectivity index is 2.81. The van der Waals surface area contributed by atoms with Crippen LogP contribution in [0.4, 0.5) is 8.78 Å². The first-order valence-electron chi connectivity index (χ1n) is 5.39.